The second-order valence-electron chi connectivity index (χ2n) is 4.98. The third-order valence-corrected chi connectivity index (χ3v) is 6.50. The van der Waals surface area contributed by atoms with Crippen molar-refractivity contribution >= 4 is 44.0 Å². The third-order valence-electron chi connectivity index (χ3n) is 3.44. The number of anilines is 1. The van der Waals surface area contributed by atoms with Gasteiger partial charge in [0.15, 0.2) is 10.6 Å². The van der Waals surface area contributed by atoms with Crippen LogP contribution in [0.2, 0.25) is 5.02 Å². The number of carbonyl (C=O) groups is 1. The van der Waals surface area contributed by atoms with Gasteiger partial charge in [-0.2, -0.15) is 0 Å². The summed E-state index contributed by atoms with van der Waals surface area (Å²) in [6.45, 7) is 3.02. The lowest BCUT2D eigenvalue weighted by atomic mass is 10.1. The summed E-state index contributed by atoms with van der Waals surface area (Å²) >= 11 is 6.81. The molecule has 1 heterocycles. The molecule has 0 spiro atoms. The van der Waals surface area contributed by atoms with Gasteiger partial charge in [-0.1, -0.05) is 29.0 Å². The Morgan fingerprint density at radius 1 is 1.42 bits per heavy atom. The SMILES string of the molecule is COC(C)(C(N)=O)c1nnc(NS(=O)(=O)c2cccc(Cl)c2C)s1. The van der Waals surface area contributed by atoms with E-state index in [1.165, 1.54) is 26.2 Å². The van der Waals surface area contributed by atoms with Gasteiger partial charge in [0.25, 0.3) is 15.9 Å². The van der Waals surface area contributed by atoms with Crippen LogP contribution in [0.1, 0.15) is 17.5 Å². The first kappa shape index (κ1) is 18.6. The highest BCUT2D eigenvalue weighted by molar-refractivity contribution is 7.93. The van der Waals surface area contributed by atoms with E-state index in [4.69, 9.17) is 22.1 Å². The Hall–Kier alpha value is -1.75. The van der Waals surface area contributed by atoms with E-state index in [0.717, 1.165) is 11.3 Å². The van der Waals surface area contributed by atoms with Crippen LogP contribution in [0, 0.1) is 6.92 Å². The molecule has 2 aromatic rings. The van der Waals surface area contributed by atoms with Gasteiger partial charge in [-0.3, -0.25) is 9.52 Å². The van der Waals surface area contributed by atoms with E-state index in [9.17, 15) is 13.2 Å². The summed E-state index contributed by atoms with van der Waals surface area (Å²) in [5.41, 5.74) is 4.22. The molecule has 0 aliphatic carbocycles. The van der Waals surface area contributed by atoms with Crippen LogP contribution in [0.15, 0.2) is 23.1 Å². The first-order valence-corrected chi connectivity index (χ1v) is 9.26. The van der Waals surface area contributed by atoms with Crippen molar-refractivity contribution in [1.29, 1.82) is 0 Å². The lowest BCUT2D eigenvalue weighted by Crippen LogP contribution is -2.40. The molecule has 2 rings (SSSR count). The highest BCUT2D eigenvalue weighted by atomic mass is 35.5. The molecule has 0 saturated heterocycles. The van der Waals surface area contributed by atoms with Gasteiger partial charge in [0, 0.05) is 12.1 Å². The second-order valence-corrected chi connectivity index (χ2v) is 8.02. The van der Waals surface area contributed by atoms with E-state index >= 15 is 0 Å². The van der Waals surface area contributed by atoms with Gasteiger partial charge in [-0.15, -0.1) is 10.2 Å². The fourth-order valence-corrected chi connectivity index (χ4v) is 4.40. The molecular weight excluding hydrogens is 376 g/mol. The van der Waals surface area contributed by atoms with Crippen LogP contribution in [0.4, 0.5) is 5.13 Å². The Bertz CT molecular complexity index is 884. The number of methoxy groups -OCH3 is 1. The molecule has 3 N–H and O–H groups in total. The number of primary amides is 1. The zero-order valence-corrected chi connectivity index (χ0v) is 15.4. The van der Waals surface area contributed by atoms with E-state index in [1.54, 1.807) is 13.0 Å². The average molecular weight is 391 g/mol. The van der Waals surface area contributed by atoms with Crippen molar-refractivity contribution in [3.63, 3.8) is 0 Å². The zero-order chi connectivity index (χ0) is 18.1. The minimum Gasteiger partial charge on any atom is -0.367 e. The number of hydrogen-bond donors (Lipinski definition) is 2. The summed E-state index contributed by atoms with van der Waals surface area (Å²) in [7, 11) is -2.61. The third kappa shape index (κ3) is 3.36. The molecule has 24 heavy (non-hydrogen) atoms. The lowest BCUT2D eigenvalue weighted by molar-refractivity contribution is -0.139. The summed E-state index contributed by atoms with van der Waals surface area (Å²) < 4.78 is 32.4. The van der Waals surface area contributed by atoms with E-state index in [1.807, 2.05) is 0 Å². The molecule has 0 bridgehead atoms. The summed E-state index contributed by atoms with van der Waals surface area (Å²) in [5, 5.41) is 7.97. The number of sulfonamides is 1. The minimum absolute atomic E-state index is 0.0195. The minimum atomic E-state index is -3.91. The number of nitrogens with one attached hydrogen (secondary N) is 1. The van der Waals surface area contributed by atoms with E-state index in [-0.39, 0.29) is 15.0 Å². The maximum absolute atomic E-state index is 12.5. The number of aromatic nitrogens is 2. The van der Waals surface area contributed by atoms with Crippen molar-refractivity contribution in [3.8, 4) is 0 Å². The fraction of sp³-hybridized carbons (Fsp3) is 0.308. The molecule has 130 valence electrons. The highest BCUT2D eigenvalue weighted by Crippen LogP contribution is 2.31. The van der Waals surface area contributed by atoms with Crippen LogP contribution >= 0.6 is 22.9 Å². The molecule has 0 fully saturated rings. The Balaban J connectivity index is 2.36. The maximum Gasteiger partial charge on any atom is 0.264 e. The van der Waals surface area contributed by atoms with Crippen LogP contribution in [0.5, 0.6) is 0 Å². The standard InChI is InChI=1S/C13H15ClN4O4S2/c1-7-8(14)5-4-6-9(7)24(20,21)18-12-17-16-11(23-12)13(2,22-3)10(15)19/h4-6H,1-3H3,(H2,15,19)(H,17,18). The van der Waals surface area contributed by atoms with Crippen LogP contribution in [0.25, 0.3) is 0 Å². The van der Waals surface area contributed by atoms with Gasteiger partial charge < -0.3 is 10.5 Å². The van der Waals surface area contributed by atoms with Crippen molar-refractivity contribution in [1.82, 2.24) is 10.2 Å². The summed E-state index contributed by atoms with van der Waals surface area (Å²) in [4.78, 5) is 11.6. The van der Waals surface area contributed by atoms with Crippen LogP contribution in [-0.2, 0) is 25.2 Å². The molecule has 8 nitrogen and oxygen atoms in total. The molecule has 1 amide bonds. The van der Waals surface area contributed by atoms with E-state index < -0.39 is 21.5 Å². The van der Waals surface area contributed by atoms with Gasteiger partial charge in [0.05, 0.1) is 4.90 Å². The molecule has 1 aromatic heterocycles. The van der Waals surface area contributed by atoms with Crippen LogP contribution < -0.4 is 10.5 Å². The van der Waals surface area contributed by atoms with Gasteiger partial charge in [0.2, 0.25) is 5.13 Å². The number of nitrogens with two attached hydrogens (primary N) is 1. The molecule has 0 saturated carbocycles. The van der Waals surface area contributed by atoms with Gasteiger partial charge in [-0.25, -0.2) is 8.42 Å². The fourth-order valence-electron chi connectivity index (χ4n) is 1.80. The number of nitrogens with zero attached hydrogens (tertiary/aromatic N) is 2. The summed E-state index contributed by atoms with van der Waals surface area (Å²) in [6, 6.07) is 4.55. The normalized spacial score (nSPS) is 14.2. The lowest BCUT2D eigenvalue weighted by Gasteiger charge is -2.20. The summed E-state index contributed by atoms with van der Waals surface area (Å²) in [5.74, 6) is -0.763. The number of rotatable bonds is 6. The first-order chi connectivity index (χ1) is 11.1. The smallest absolute Gasteiger partial charge is 0.264 e. The largest absolute Gasteiger partial charge is 0.367 e. The Morgan fingerprint density at radius 3 is 2.67 bits per heavy atom. The number of ether oxygens (including phenoxy) is 1. The van der Waals surface area contributed by atoms with Crippen molar-refractivity contribution in [2.75, 3.05) is 11.8 Å². The molecule has 1 unspecified atom stereocenters. The van der Waals surface area contributed by atoms with E-state index in [2.05, 4.69) is 14.9 Å². The first-order valence-electron chi connectivity index (χ1n) is 6.59. The molecule has 0 aliphatic heterocycles. The predicted molar refractivity (Wildman–Crippen MR) is 90.5 cm³/mol. The van der Waals surface area contributed by atoms with Crippen molar-refractivity contribution in [3.05, 3.63) is 33.8 Å². The van der Waals surface area contributed by atoms with Gasteiger partial charge in [0.1, 0.15) is 0 Å². The van der Waals surface area contributed by atoms with Crippen molar-refractivity contribution in [2.24, 2.45) is 5.73 Å². The van der Waals surface area contributed by atoms with Crippen LogP contribution in [0.3, 0.4) is 0 Å². The maximum atomic E-state index is 12.5. The van der Waals surface area contributed by atoms with Crippen molar-refractivity contribution < 1.29 is 17.9 Å². The molecule has 1 atom stereocenters. The molecule has 11 heteroatoms. The molecular formula is C13H15ClN4O4S2. The number of halogens is 1. The molecule has 0 radical (unpaired) electrons. The Labute approximate surface area is 148 Å². The predicted octanol–water partition coefficient (Wildman–Crippen LogP) is 1.65. The number of carbonyl (C=O) groups excluding carboxylic acids is 1. The monoisotopic (exact) mass is 390 g/mol. The Morgan fingerprint density at radius 2 is 2.08 bits per heavy atom. The molecule has 1 aromatic carbocycles. The second kappa shape index (κ2) is 6.63. The average Bonchev–Trinajstić information content (AvgIpc) is 2.96. The van der Waals surface area contributed by atoms with Gasteiger partial charge in [-0.05, 0) is 31.5 Å². The highest BCUT2D eigenvalue weighted by Gasteiger charge is 2.37. The number of hydrogen-bond acceptors (Lipinski definition) is 7. The number of benzene rings is 1. The van der Waals surface area contributed by atoms with E-state index in [0.29, 0.717) is 10.6 Å². The van der Waals surface area contributed by atoms with Gasteiger partial charge >= 0.3 is 0 Å². The molecule has 0 aliphatic rings. The summed E-state index contributed by atoms with van der Waals surface area (Å²) in [6.07, 6.45) is 0. The quantitative estimate of drug-likeness (QED) is 0.772. The van der Waals surface area contributed by atoms with Crippen molar-refractivity contribution in [2.45, 2.75) is 24.3 Å². The zero-order valence-electron chi connectivity index (χ0n) is 13.0. The number of amides is 1. The topological polar surface area (TPSA) is 124 Å². The Kier molecular flexibility index (Phi) is 5.14. The van der Waals surface area contributed by atoms with Crippen LogP contribution in [-0.4, -0.2) is 31.6 Å².